The van der Waals surface area contributed by atoms with Crippen LogP contribution in [0.5, 0.6) is 0 Å². The van der Waals surface area contributed by atoms with Crippen molar-refractivity contribution in [2.24, 2.45) is 9.50 Å². The molecule has 0 saturated heterocycles. The number of anilines is 1. The lowest BCUT2D eigenvalue weighted by molar-refractivity contribution is 0.0785. The molecule has 0 radical (unpaired) electrons. The number of nitrogens with two attached hydrogens (primary N) is 1. The van der Waals surface area contributed by atoms with E-state index in [2.05, 4.69) is 9.68 Å². The van der Waals surface area contributed by atoms with Crippen LogP contribution in [-0.4, -0.2) is 15.3 Å². The predicted molar refractivity (Wildman–Crippen MR) is 119 cm³/mol. The molecule has 2 aliphatic carbocycles. The second-order valence-electron chi connectivity index (χ2n) is 8.60. The van der Waals surface area contributed by atoms with Gasteiger partial charge in [0.05, 0.1) is 15.5 Å². The van der Waals surface area contributed by atoms with Crippen molar-refractivity contribution < 1.29 is 18.5 Å². The number of nitrogens with one attached hydrogen (secondary N) is 1. The number of benzene rings is 2. The number of urea groups is 1. The van der Waals surface area contributed by atoms with E-state index < -0.39 is 21.5 Å². The molecule has 0 heterocycles. The highest BCUT2D eigenvalue weighted by atomic mass is 35.5. The van der Waals surface area contributed by atoms with Crippen molar-refractivity contribution in [2.45, 2.75) is 62.9 Å². The smallest absolute Gasteiger partial charge is 0.354 e. The van der Waals surface area contributed by atoms with Gasteiger partial charge in [-0.25, -0.2) is 18.5 Å². The zero-order valence-electron chi connectivity index (χ0n) is 17.4. The fourth-order valence-corrected chi connectivity index (χ4v) is 5.96. The van der Waals surface area contributed by atoms with E-state index in [1.54, 1.807) is 19.9 Å². The summed E-state index contributed by atoms with van der Waals surface area (Å²) in [5.41, 5.74) is 2.89. The molecule has 4 N–H and O–H groups in total. The first-order valence-electron chi connectivity index (χ1n) is 10.2. The number of halogens is 2. The van der Waals surface area contributed by atoms with Gasteiger partial charge in [-0.1, -0.05) is 17.7 Å². The van der Waals surface area contributed by atoms with Crippen molar-refractivity contribution in [1.82, 2.24) is 0 Å². The van der Waals surface area contributed by atoms with Gasteiger partial charge in [-0.05, 0) is 92.3 Å². The van der Waals surface area contributed by atoms with Crippen molar-refractivity contribution in [3.63, 3.8) is 0 Å². The third-order valence-electron chi connectivity index (χ3n) is 5.97. The molecule has 0 unspecified atom stereocenters. The highest BCUT2D eigenvalue weighted by molar-refractivity contribution is 7.91. The van der Waals surface area contributed by atoms with E-state index in [0.29, 0.717) is 48.1 Å². The maximum Gasteiger partial charge on any atom is 0.354 e. The predicted octanol–water partition coefficient (Wildman–Crippen LogP) is 4.62. The summed E-state index contributed by atoms with van der Waals surface area (Å²) in [5.74, 6) is -0.142. The summed E-state index contributed by atoms with van der Waals surface area (Å²) in [5, 5.41) is 18.8. The Morgan fingerprint density at radius 1 is 1.16 bits per heavy atom. The van der Waals surface area contributed by atoms with E-state index in [1.807, 2.05) is 0 Å². The van der Waals surface area contributed by atoms with Gasteiger partial charge in [0.25, 0.3) is 0 Å². The summed E-state index contributed by atoms with van der Waals surface area (Å²) in [7, 11) is -3.63. The van der Waals surface area contributed by atoms with Crippen LogP contribution in [0.25, 0.3) is 0 Å². The SMILES string of the molecule is CC(C)(O)c1ccc([S@](N)(=O)=NC(=O)Nc2c3c(c(F)c4c2CCC4)CCC3)c(Cl)c1. The Balaban J connectivity index is 1.69. The average Bonchev–Trinajstić information content (AvgIpc) is 3.33. The number of carbonyl (C=O) groups excluding carboxylic acids is 1. The lowest BCUT2D eigenvalue weighted by Gasteiger charge is -2.19. The molecule has 0 spiro atoms. The molecular weight excluding hydrogens is 441 g/mol. The maximum atomic E-state index is 14.8. The van der Waals surface area contributed by atoms with Crippen LogP contribution in [0.1, 0.15) is 54.5 Å². The van der Waals surface area contributed by atoms with Gasteiger partial charge >= 0.3 is 6.03 Å². The molecule has 2 aromatic carbocycles. The van der Waals surface area contributed by atoms with Crippen LogP contribution >= 0.6 is 11.6 Å². The van der Waals surface area contributed by atoms with Crippen LogP contribution in [0.3, 0.4) is 0 Å². The Labute approximate surface area is 186 Å². The summed E-state index contributed by atoms with van der Waals surface area (Å²) in [6, 6.07) is 3.55. The molecule has 2 amide bonds. The molecule has 0 bridgehead atoms. The molecule has 2 aromatic rings. The fraction of sp³-hybridized carbons (Fsp3) is 0.409. The normalized spacial score (nSPS) is 17.1. The number of amides is 2. The first kappa shape index (κ1) is 22.2. The summed E-state index contributed by atoms with van der Waals surface area (Å²) in [4.78, 5) is 12.7. The van der Waals surface area contributed by atoms with Crippen molar-refractivity contribution in [1.29, 1.82) is 0 Å². The molecule has 6 nitrogen and oxygen atoms in total. The fourth-order valence-electron chi connectivity index (χ4n) is 4.46. The van der Waals surface area contributed by atoms with E-state index in [-0.39, 0.29) is 15.7 Å². The van der Waals surface area contributed by atoms with E-state index in [1.165, 1.54) is 12.1 Å². The standard InChI is InChI=1S/C22H25ClFN3O3S/c1-22(2,29)12-9-10-18(17(23)11-12)31(25,30)27-21(28)26-20-15-7-3-5-13(15)19(24)14-6-4-8-16(14)20/h9-11,29H,3-8H2,1-2H3,(H3,25,26,27,28,30)/t31-/m1/s1. The zero-order chi connectivity index (χ0) is 22.6. The third-order valence-corrected chi connectivity index (χ3v) is 7.82. The van der Waals surface area contributed by atoms with Crippen molar-refractivity contribution >= 4 is 33.2 Å². The number of rotatable bonds is 3. The minimum Gasteiger partial charge on any atom is -0.386 e. The molecule has 0 aromatic heterocycles. The van der Waals surface area contributed by atoms with E-state index in [0.717, 1.165) is 24.0 Å². The average molecular weight is 466 g/mol. The second-order valence-corrected chi connectivity index (χ2v) is 10.8. The number of aliphatic hydroxyl groups is 1. The lowest BCUT2D eigenvalue weighted by atomic mass is 9.98. The molecule has 166 valence electrons. The van der Waals surface area contributed by atoms with Crippen molar-refractivity contribution in [2.75, 3.05) is 5.32 Å². The van der Waals surface area contributed by atoms with E-state index >= 15 is 0 Å². The zero-order valence-corrected chi connectivity index (χ0v) is 19.0. The largest absolute Gasteiger partial charge is 0.386 e. The van der Waals surface area contributed by atoms with Crippen LogP contribution < -0.4 is 10.5 Å². The van der Waals surface area contributed by atoms with Gasteiger partial charge < -0.3 is 10.4 Å². The Morgan fingerprint density at radius 2 is 1.71 bits per heavy atom. The Kier molecular flexibility index (Phi) is 5.62. The Morgan fingerprint density at radius 3 is 2.23 bits per heavy atom. The molecule has 2 aliphatic rings. The molecule has 1 atom stereocenters. The molecule has 0 aliphatic heterocycles. The summed E-state index contributed by atoms with van der Waals surface area (Å²) in [6.07, 6.45) is 4.29. The minimum absolute atomic E-state index is 0.00637. The number of carbonyl (C=O) groups is 1. The van der Waals surface area contributed by atoms with Gasteiger partial charge in [-0.15, -0.1) is 4.36 Å². The molecule has 0 fully saturated rings. The number of hydrogen-bond donors (Lipinski definition) is 3. The van der Waals surface area contributed by atoms with Crippen molar-refractivity contribution in [3.05, 3.63) is 56.9 Å². The first-order valence-corrected chi connectivity index (χ1v) is 12.2. The quantitative estimate of drug-likeness (QED) is 0.616. The van der Waals surface area contributed by atoms with Gasteiger partial charge in [-0.3, -0.25) is 0 Å². The van der Waals surface area contributed by atoms with E-state index in [4.69, 9.17) is 16.7 Å². The van der Waals surface area contributed by atoms with Gasteiger partial charge in [0.1, 0.15) is 15.7 Å². The van der Waals surface area contributed by atoms with Gasteiger partial charge in [0.15, 0.2) is 0 Å². The Bertz CT molecular complexity index is 1180. The lowest BCUT2D eigenvalue weighted by Crippen LogP contribution is -2.20. The first-order chi connectivity index (χ1) is 14.5. The van der Waals surface area contributed by atoms with Crippen LogP contribution in [0, 0.1) is 5.82 Å². The number of hydrogen-bond acceptors (Lipinski definition) is 3. The van der Waals surface area contributed by atoms with Gasteiger partial charge in [0.2, 0.25) is 0 Å². The molecular formula is C22H25ClFN3O3S. The van der Waals surface area contributed by atoms with Gasteiger partial charge in [0, 0.05) is 5.69 Å². The van der Waals surface area contributed by atoms with Crippen LogP contribution in [0.4, 0.5) is 14.9 Å². The highest BCUT2D eigenvalue weighted by Gasteiger charge is 2.30. The Hall–Kier alpha value is -2.00. The number of fused-ring (bicyclic) bond motifs is 2. The van der Waals surface area contributed by atoms with Crippen LogP contribution in [0.2, 0.25) is 5.02 Å². The maximum absolute atomic E-state index is 14.8. The summed E-state index contributed by atoms with van der Waals surface area (Å²) < 4.78 is 31.6. The minimum atomic E-state index is -3.63. The monoisotopic (exact) mass is 465 g/mol. The van der Waals surface area contributed by atoms with Crippen LogP contribution in [0.15, 0.2) is 27.5 Å². The summed E-state index contributed by atoms with van der Waals surface area (Å²) in [6.45, 7) is 3.19. The van der Waals surface area contributed by atoms with Crippen LogP contribution in [-0.2, 0) is 41.2 Å². The molecule has 0 saturated carbocycles. The molecule has 4 rings (SSSR count). The second kappa shape index (κ2) is 7.85. The molecule has 9 heteroatoms. The third kappa shape index (κ3) is 4.09. The topological polar surface area (TPSA) is 105 Å². The van der Waals surface area contributed by atoms with E-state index in [9.17, 15) is 18.5 Å². The van der Waals surface area contributed by atoms with Crippen molar-refractivity contribution in [3.8, 4) is 0 Å². The van der Waals surface area contributed by atoms with Gasteiger partial charge in [-0.2, -0.15) is 0 Å². The summed E-state index contributed by atoms with van der Waals surface area (Å²) >= 11 is 6.23. The number of nitrogens with zero attached hydrogens (tertiary/aromatic N) is 1. The highest BCUT2D eigenvalue weighted by Crippen LogP contribution is 2.41. The molecule has 31 heavy (non-hydrogen) atoms.